The third-order valence-corrected chi connectivity index (χ3v) is 2.89. The number of hydrogen-bond acceptors (Lipinski definition) is 3. The quantitative estimate of drug-likeness (QED) is 0.529. The Kier molecular flexibility index (Phi) is 5.58. The molecule has 1 aliphatic carbocycles. The van der Waals surface area contributed by atoms with Crippen LogP contribution in [0.25, 0.3) is 0 Å². The van der Waals surface area contributed by atoms with Crippen molar-refractivity contribution in [2.45, 2.75) is 32.2 Å². The van der Waals surface area contributed by atoms with Crippen LogP contribution in [0.15, 0.2) is 23.8 Å². The van der Waals surface area contributed by atoms with E-state index in [4.69, 9.17) is 9.84 Å². The van der Waals surface area contributed by atoms with E-state index < -0.39 is 12.0 Å². The molecular formula is C13H19NO4. The third kappa shape index (κ3) is 4.00. The molecule has 0 aromatic heterocycles. The molecule has 1 atom stereocenters. The molecule has 0 radical (unpaired) electrons. The molecule has 0 heterocycles. The number of carboxylic acids is 1. The summed E-state index contributed by atoms with van der Waals surface area (Å²) in [4.78, 5) is 22.9. The lowest BCUT2D eigenvalue weighted by Gasteiger charge is -2.15. The van der Waals surface area contributed by atoms with Crippen molar-refractivity contribution in [1.82, 2.24) is 5.32 Å². The molecular weight excluding hydrogens is 234 g/mol. The van der Waals surface area contributed by atoms with Gasteiger partial charge in [0.1, 0.15) is 0 Å². The van der Waals surface area contributed by atoms with Crippen molar-refractivity contribution in [3.63, 3.8) is 0 Å². The van der Waals surface area contributed by atoms with E-state index in [1.165, 1.54) is 6.08 Å². The number of aliphatic carboxylic acids is 1. The molecule has 1 unspecified atom stereocenters. The summed E-state index contributed by atoms with van der Waals surface area (Å²) in [6.07, 6.45) is 4.12. The Morgan fingerprint density at radius 3 is 2.78 bits per heavy atom. The fraction of sp³-hybridized carbons (Fsp3) is 0.538. The average Bonchev–Trinajstić information content (AvgIpc) is 2.74. The minimum absolute atomic E-state index is 0.0561. The molecule has 1 aliphatic rings. The van der Waals surface area contributed by atoms with Crippen LogP contribution in [0.2, 0.25) is 0 Å². The van der Waals surface area contributed by atoms with E-state index in [9.17, 15) is 9.59 Å². The fourth-order valence-electron chi connectivity index (χ4n) is 1.89. The standard InChI is InChI=1S/C13H19NO4/c1-3-7-18-8-11(13(16)17)14-12(15)10-6-4-5-9(10)2/h3,11H,1,4-8H2,2H3,(H,14,15)(H,16,17). The Morgan fingerprint density at radius 1 is 1.56 bits per heavy atom. The lowest BCUT2D eigenvalue weighted by atomic mass is 10.1. The van der Waals surface area contributed by atoms with Crippen LogP contribution in [-0.2, 0) is 14.3 Å². The number of carboxylic acid groups (broad SMARTS) is 1. The van der Waals surface area contributed by atoms with Crippen molar-refractivity contribution < 1.29 is 19.4 Å². The number of nitrogens with one attached hydrogen (secondary N) is 1. The highest BCUT2D eigenvalue weighted by Gasteiger charge is 2.24. The van der Waals surface area contributed by atoms with Gasteiger partial charge in [-0.1, -0.05) is 11.6 Å². The highest BCUT2D eigenvalue weighted by Crippen LogP contribution is 2.25. The number of ether oxygens (including phenoxy) is 1. The number of allylic oxidation sites excluding steroid dienone is 1. The minimum atomic E-state index is -1.09. The minimum Gasteiger partial charge on any atom is -0.480 e. The molecule has 2 N–H and O–H groups in total. The summed E-state index contributed by atoms with van der Waals surface area (Å²) in [5.41, 5.74) is 1.76. The monoisotopic (exact) mass is 253 g/mol. The van der Waals surface area contributed by atoms with Crippen molar-refractivity contribution in [3.8, 4) is 0 Å². The van der Waals surface area contributed by atoms with Crippen LogP contribution < -0.4 is 5.32 Å². The van der Waals surface area contributed by atoms with Gasteiger partial charge in [-0.05, 0) is 26.2 Å². The van der Waals surface area contributed by atoms with Gasteiger partial charge >= 0.3 is 5.97 Å². The van der Waals surface area contributed by atoms with Crippen LogP contribution in [0.4, 0.5) is 0 Å². The molecule has 1 rings (SSSR count). The highest BCUT2D eigenvalue weighted by atomic mass is 16.5. The summed E-state index contributed by atoms with van der Waals surface area (Å²) in [6, 6.07) is -1.02. The van der Waals surface area contributed by atoms with E-state index in [0.29, 0.717) is 5.57 Å². The first-order chi connectivity index (χ1) is 8.56. The number of rotatable bonds is 7. The molecule has 0 spiro atoms. The summed E-state index contributed by atoms with van der Waals surface area (Å²) in [5.74, 6) is -1.39. The predicted molar refractivity (Wildman–Crippen MR) is 67.1 cm³/mol. The molecule has 0 saturated heterocycles. The molecule has 100 valence electrons. The van der Waals surface area contributed by atoms with Crippen LogP contribution in [0.5, 0.6) is 0 Å². The molecule has 5 heteroatoms. The Labute approximate surface area is 107 Å². The van der Waals surface area contributed by atoms with Gasteiger partial charge in [0.25, 0.3) is 0 Å². The van der Waals surface area contributed by atoms with Gasteiger partial charge in [-0.15, -0.1) is 6.58 Å². The second kappa shape index (κ2) is 6.96. The van der Waals surface area contributed by atoms with Crippen LogP contribution in [0.1, 0.15) is 26.2 Å². The van der Waals surface area contributed by atoms with E-state index in [0.717, 1.165) is 24.8 Å². The van der Waals surface area contributed by atoms with Crippen molar-refractivity contribution in [3.05, 3.63) is 23.8 Å². The maximum Gasteiger partial charge on any atom is 0.328 e. The van der Waals surface area contributed by atoms with Gasteiger partial charge in [-0.2, -0.15) is 0 Å². The molecule has 0 aromatic carbocycles. The number of carbonyl (C=O) groups excluding carboxylic acids is 1. The Hall–Kier alpha value is -1.62. The molecule has 0 bridgehead atoms. The zero-order valence-electron chi connectivity index (χ0n) is 10.6. The van der Waals surface area contributed by atoms with Crippen LogP contribution in [0, 0.1) is 0 Å². The van der Waals surface area contributed by atoms with Gasteiger partial charge in [0, 0.05) is 5.57 Å². The second-order valence-electron chi connectivity index (χ2n) is 4.30. The van der Waals surface area contributed by atoms with Gasteiger partial charge in [0.2, 0.25) is 5.91 Å². The SMILES string of the molecule is C=CCOCC(NC(=O)C1=C(C)CCC1)C(=O)O. The third-order valence-electron chi connectivity index (χ3n) is 2.89. The lowest BCUT2D eigenvalue weighted by Crippen LogP contribution is -2.44. The van der Waals surface area contributed by atoms with Crippen LogP contribution in [0.3, 0.4) is 0 Å². The topological polar surface area (TPSA) is 75.6 Å². The Morgan fingerprint density at radius 2 is 2.28 bits per heavy atom. The van der Waals surface area contributed by atoms with Crippen molar-refractivity contribution >= 4 is 11.9 Å². The van der Waals surface area contributed by atoms with Crippen LogP contribution in [-0.4, -0.2) is 36.2 Å². The van der Waals surface area contributed by atoms with Crippen molar-refractivity contribution in [2.24, 2.45) is 0 Å². The van der Waals surface area contributed by atoms with Gasteiger partial charge < -0.3 is 15.2 Å². The summed E-state index contributed by atoms with van der Waals surface area (Å²) >= 11 is 0. The van der Waals surface area contributed by atoms with Crippen LogP contribution >= 0.6 is 0 Å². The first-order valence-corrected chi connectivity index (χ1v) is 5.97. The van der Waals surface area contributed by atoms with Crippen molar-refractivity contribution in [2.75, 3.05) is 13.2 Å². The summed E-state index contributed by atoms with van der Waals surface area (Å²) in [7, 11) is 0. The number of carbonyl (C=O) groups is 2. The molecule has 5 nitrogen and oxygen atoms in total. The Balaban J connectivity index is 2.55. The molecule has 18 heavy (non-hydrogen) atoms. The van der Waals surface area contributed by atoms with Gasteiger partial charge in [0.15, 0.2) is 6.04 Å². The fourth-order valence-corrected chi connectivity index (χ4v) is 1.89. The van der Waals surface area contributed by atoms with Gasteiger partial charge in [0.05, 0.1) is 13.2 Å². The maximum atomic E-state index is 11.9. The largest absolute Gasteiger partial charge is 0.480 e. The summed E-state index contributed by atoms with van der Waals surface area (Å²) in [5, 5.41) is 11.5. The zero-order chi connectivity index (χ0) is 13.5. The number of amides is 1. The van der Waals surface area contributed by atoms with Gasteiger partial charge in [-0.25, -0.2) is 4.79 Å². The highest BCUT2D eigenvalue weighted by molar-refractivity contribution is 5.96. The van der Waals surface area contributed by atoms with Gasteiger partial charge in [-0.3, -0.25) is 4.79 Å². The molecule has 0 aliphatic heterocycles. The second-order valence-corrected chi connectivity index (χ2v) is 4.30. The maximum absolute atomic E-state index is 11.9. The molecule has 1 amide bonds. The first-order valence-electron chi connectivity index (χ1n) is 5.97. The molecule has 0 fully saturated rings. The van der Waals surface area contributed by atoms with E-state index in [-0.39, 0.29) is 19.1 Å². The summed E-state index contributed by atoms with van der Waals surface area (Å²) < 4.78 is 5.07. The summed E-state index contributed by atoms with van der Waals surface area (Å²) in [6.45, 7) is 5.59. The lowest BCUT2D eigenvalue weighted by molar-refractivity contribution is -0.143. The zero-order valence-corrected chi connectivity index (χ0v) is 10.6. The average molecular weight is 253 g/mol. The predicted octanol–water partition coefficient (Wildman–Crippen LogP) is 1.26. The van der Waals surface area contributed by atoms with E-state index in [2.05, 4.69) is 11.9 Å². The van der Waals surface area contributed by atoms with E-state index in [1.807, 2.05) is 6.92 Å². The first kappa shape index (κ1) is 14.4. The smallest absolute Gasteiger partial charge is 0.328 e. The number of hydrogen-bond donors (Lipinski definition) is 2. The normalized spacial score (nSPS) is 16.5. The molecule has 0 saturated carbocycles. The Bertz CT molecular complexity index is 373. The van der Waals surface area contributed by atoms with E-state index in [1.54, 1.807) is 0 Å². The molecule has 0 aromatic rings. The van der Waals surface area contributed by atoms with E-state index >= 15 is 0 Å². The van der Waals surface area contributed by atoms with Crippen molar-refractivity contribution in [1.29, 1.82) is 0 Å².